The Balaban J connectivity index is 3.83. The molecule has 72 valence electrons. The molecule has 0 rings (SSSR count). The highest BCUT2D eigenvalue weighted by atomic mass is 28.3. The van der Waals surface area contributed by atoms with Crippen LogP contribution in [0.1, 0.15) is 20.3 Å². The van der Waals surface area contributed by atoms with Crippen LogP contribution in [0.5, 0.6) is 0 Å². The summed E-state index contributed by atoms with van der Waals surface area (Å²) in [5.74, 6) is 0. The lowest BCUT2D eigenvalue weighted by Crippen LogP contribution is -2.17. The smallest absolute Gasteiger partial charge is 0.0582 e. The molecule has 0 amide bonds. The van der Waals surface area contributed by atoms with E-state index in [0.29, 0.717) is 6.10 Å². The first-order valence-corrected chi connectivity index (χ1v) is 7.87. The van der Waals surface area contributed by atoms with E-state index in [2.05, 4.69) is 33.0 Å². The predicted molar refractivity (Wildman–Crippen MR) is 58.5 cm³/mol. The third-order valence-electron chi connectivity index (χ3n) is 2.11. The van der Waals surface area contributed by atoms with E-state index in [1.807, 2.05) is 7.11 Å². The first kappa shape index (κ1) is 11.9. The molecule has 0 aromatic rings. The third kappa shape index (κ3) is 5.55. The normalized spacial score (nSPS) is 15.3. The van der Waals surface area contributed by atoms with Gasteiger partial charge in [0, 0.05) is 15.9 Å². The number of hydrogen-bond donors (Lipinski definition) is 0. The van der Waals surface area contributed by atoms with E-state index in [-0.39, 0.29) is 0 Å². The summed E-state index contributed by atoms with van der Waals surface area (Å²) in [4.78, 5) is 0. The van der Waals surface area contributed by atoms with Gasteiger partial charge in [0.2, 0.25) is 0 Å². The van der Waals surface area contributed by atoms with Crippen LogP contribution in [0.25, 0.3) is 0 Å². The fraction of sp³-hybridized carbons (Fsp3) is 0.800. The highest BCUT2D eigenvalue weighted by Gasteiger charge is 2.10. The lowest BCUT2D eigenvalue weighted by atomic mass is 10.1. The van der Waals surface area contributed by atoms with Crippen molar-refractivity contribution < 1.29 is 4.74 Å². The van der Waals surface area contributed by atoms with E-state index >= 15 is 0 Å². The monoisotopic (exact) mass is 186 g/mol. The maximum atomic E-state index is 5.43. The molecule has 0 saturated carbocycles. The van der Waals surface area contributed by atoms with Gasteiger partial charge in [0.15, 0.2) is 0 Å². The number of methoxy groups -OCH3 is 1. The van der Waals surface area contributed by atoms with Crippen LogP contribution in [0.4, 0.5) is 0 Å². The molecule has 1 nitrogen and oxygen atoms in total. The number of allylic oxidation sites excluding steroid dienone is 1. The first-order valence-electron chi connectivity index (χ1n) is 4.74. The highest BCUT2D eigenvalue weighted by Crippen LogP contribution is 2.12. The fourth-order valence-electron chi connectivity index (χ4n) is 1.27. The summed E-state index contributed by atoms with van der Waals surface area (Å²) in [7, 11) is 1.36. The molecule has 0 aliphatic heterocycles. The molecule has 0 aromatic heterocycles. The average molecular weight is 186 g/mol. The lowest BCUT2D eigenvalue weighted by Gasteiger charge is -2.16. The maximum absolute atomic E-state index is 5.43. The summed E-state index contributed by atoms with van der Waals surface area (Å²) in [6.45, 7) is 9.01. The number of hydrogen-bond acceptors (Lipinski definition) is 1. The molecular formula is C10H22OSi. The second kappa shape index (κ2) is 6.43. The molecule has 0 spiro atoms. The minimum absolute atomic E-state index is 0.466. The van der Waals surface area contributed by atoms with Crippen molar-refractivity contribution in [2.24, 2.45) is 0 Å². The molecule has 0 saturated heterocycles. The molecule has 0 aromatic carbocycles. The molecule has 0 bridgehead atoms. The van der Waals surface area contributed by atoms with Crippen molar-refractivity contribution in [1.82, 2.24) is 0 Å². The van der Waals surface area contributed by atoms with Crippen molar-refractivity contribution >= 4 is 8.80 Å². The minimum Gasteiger partial charge on any atom is -0.381 e. The van der Waals surface area contributed by atoms with Gasteiger partial charge < -0.3 is 4.74 Å². The van der Waals surface area contributed by atoms with Crippen LogP contribution in [-0.4, -0.2) is 22.0 Å². The van der Waals surface area contributed by atoms with Gasteiger partial charge in [-0.3, -0.25) is 0 Å². The van der Waals surface area contributed by atoms with E-state index in [4.69, 9.17) is 4.74 Å². The molecule has 0 N–H and O–H groups in total. The predicted octanol–water partition coefficient (Wildman–Crippen LogP) is 2.84. The topological polar surface area (TPSA) is 9.23 Å². The molecule has 0 heterocycles. The zero-order valence-corrected chi connectivity index (χ0v) is 10.2. The average Bonchev–Trinajstić information content (AvgIpc) is 2.02. The van der Waals surface area contributed by atoms with Gasteiger partial charge in [-0.15, -0.1) is 0 Å². The molecule has 0 radical (unpaired) electrons. The number of ether oxygens (including phenoxy) is 1. The van der Waals surface area contributed by atoms with Crippen LogP contribution >= 0.6 is 0 Å². The van der Waals surface area contributed by atoms with E-state index in [1.54, 1.807) is 0 Å². The van der Waals surface area contributed by atoms with Crippen molar-refractivity contribution in [2.75, 3.05) is 7.11 Å². The van der Waals surface area contributed by atoms with Gasteiger partial charge in [-0.05, 0) is 26.3 Å². The Morgan fingerprint density at radius 3 is 2.42 bits per heavy atom. The van der Waals surface area contributed by atoms with Crippen LogP contribution < -0.4 is 0 Å². The second-order valence-corrected chi connectivity index (χ2v) is 7.09. The van der Waals surface area contributed by atoms with E-state index in [0.717, 1.165) is 6.42 Å². The Bertz CT molecular complexity index is 141. The van der Waals surface area contributed by atoms with Gasteiger partial charge in [-0.25, -0.2) is 0 Å². The molecule has 1 unspecified atom stereocenters. The molecule has 2 heteroatoms. The lowest BCUT2D eigenvalue weighted by molar-refractivity contribution is 0.118. The van der Waals surface area contributed by atoms with Crippen molar-refractivity contribution in [1.29, 1.82) is 0 Å². The molecule has 12 heavy (non-hydrogen) atoms. The van der Waals surface area contributed by atoms with Crippen molar-refractivity contribution in [3.63, 3.8) is 0 Å². The first-order chi connectivity index (χ1) is 5.60. The molecule has 0 aliphatic rings. The zero-order chi connectivity index (χ0) is 9.56. The van der Waals surface area contributed by atoms with Crippen LogP contribution in [-0.2, 0) is 4.74 Å². The third-order valence-corrected chi connectivity index (χ3v) is 3.58. The summed E-state index contributed by atoms with van der Waals surface area (Å²) in [6, 6.07) is 1.29. The van der Waals surface area contributed by atoms with Gasteiger partial charge in [0.25, 0.3) is 0 Å². The van der Waals surface area contributed by atoms with Gasteiger partial charge in [0.1, 0.15) is 0 Å². The van der Waals surface area contributed by atoms with Gasteiger partial charge in [-0.2, -0.15) is 0 Å². The maximum Gasteiger partial charge on any atom is 0.0582 e. The highest BCUT2D eigenvalue weighted by molar-refractivity contribution is 6.55. The van der Waals surface area contributed by atoms with Crippen LogP contribution in [0, 0.1) is 0 Å². The summed E-state index contributed by atoms with van der Waals surface area (Å²) in [5.41, 5.74) is 1.44. The number of rotatable bonds is 5. The Labute approximate surface area is 78.4 Å². The van der Waals surface area contributed by atoms with Gasteiger partial charge in [-0.1, -0.05) is 24.7 Å². The minimum atomic E-state index is -0.468. The van der Waals surface area contributed by atoms with Gasteiger partial charge >= 0.3 is 0 Å². The zero-order valence-electron chi connectivity index (χ0n) is 9.05. The van der Waals surface area contributed by atoms with Crippen LogP contribution in [0.15, 0.2) is 11.6 Å². The summed E-state index contributed by atoms with van der Waals surface area (Å²) >= 11 is 0. The van der Waals surface area contributed by atoms with Gasteiger partial charge in [0.05, 0.1) is 6.10 Å². The quantitative estimate of drug-likeness (QED) is 0.474. The van der Waals surface area contributed by atoms with Crippen LogP contribution in [0.2, 0.25) is 19.1 Å². The summed E-state index contributed by atoms with van der Waals surface area (Å²) < 4.78 is 5.43. The molecular weight excluding hydrogens is 164 g/mol. The Morgan fingerprint density at radius 1 is 1.50 bits per heavy atom. The van der Waals surface area contributed by atoms with Crippen molar-refractivity contribution in [3.05, 3.63) is 11.6 Å². The fourth-order valence-corrected chi connectivity index (χ4v) is 2.68. The summed E-state index contributed by atoms with van der Waals surface area (Å²) in [5, 5.41) is 0. The Hall–Kier alpha value is -0.0831. The summed E-state index contributed by atoms with van der Waals surface area (Å²) in [6.07, 6.45) is 3.75. The van der Waals surface area contributed by atoms with E-state index in [9.17, 15) is 0 Å². The molecule has 1 atom stereocenters. The molecule has 0 aliphatic carbocycles. The van der Waals surface area contributed by atoms with Crippen LogP contribution in [0.3, 0.4) is 0 Å². The second-order valence-electron chi connectivity index (χ2n) is 3.83. The van der Waals surface area contributed by atoms with E-state index in [1.165, 1.54) is 11.6 Å². The Kier molecular flexibility index (Phi) is 6.39. The molecule has 0 fully saturated rings. The largest absolute Gasteiger partial charge is 0.381 e. The standard InChI is InChI=1S/C10H22OSi/c1-6-9(2)7-10(11-3)8-12(4)5/h6,10,12H,7-8H2,1-5H3. The van der Waals surface area contributed by atoms with E-state index < -0.39 is 8.80 Å². The Morgan fingerprint density at radius 2 is 2.08 bits per heavy atom. The van der Waals surface area contributed by atoms with Crippen molar-refractivity contribution in [2.45, 2.75) is 45.5 Å². The van der Waals surface area contributed by atoms with Crippen molar-refractivity contribution in [3.8, 4) is 0 Å². The SMILES string of the molecule is CC=C(C)CC(C[SiH](C)C)OC.